The average Bonchev–Trinajstić information content (AvgIpc) is 2.59. The second-order valence-electron chi connectivity index (χ2n) is 5.69. The van der Waals surface area contributed by atoms with Gasteiger partial charge in [0.1, 0.15) is 17.9 Å². The highest BCUT2D eigenvalue weighted by Crippen LogP contribution is 2.20. The van der Waals surface area contributed by atoms with Crippen LogP contribution in [0.5, 0.6) is 5.75 Å². The fourth-order valence-corrected chi connectivity index (χ4v) is 2.74. The highest BCUT2D eigenvalue weighted by atomic mass is 16.5. The Balaban J connectivity index is 1.94. The van der Waals surface area contributed by atoms with Crippen molar-refractivity contribution in [1.29, 1.82) is 0 Å². The number of benzene rings is 1. The molecule has 0 radical (unpaired) electrons. The SMILES string of the molecule is COc1cccc(CO[C@@H](C)C(=O)N2CCCC[C@@H]2C(=O)O)c1. The summed E-state index contributed by atoms with van der Waals surface area (Å²) in [4.78, 5) is 25.2. The third kappa shape index (κ3) is 4.45. The van der Waals surface area contributed by atoms with Gasteiger partial charge in [-0.05, 0) is 43.9 Å². The molecule has 126 valence electrons. The van der Waals surface area contributed by atoms with Crippen LogP contribution in [0.3, 0.4) is 0 Å². The molecule has 1 aliphatic rings. The molecule has 1 aromatic carbocycles. The molecule has 1 saturated heterocycles. The average molecular weight is 321 g/mol. The van der Waals surface area contributed by atoms with Gasteiger partial charge in [0.15, 0.2) is 0 Å². The zero-order valence-corrected chi connectivity index (χ0v) is 13.5. The van der Waals surface area contributed by atoms with E-state index in [4.69, 9.17) is 9.47 Å². The van der Waals surface area contributed by atoms with Crippen LogP contribution in [0.2, 0.25) is 0 Å². The Hall–Kier alpha value is -2.08. The Kier molecular flexibility index (Phi) is 5.98. The first-order valence-corrected chi connectivity index (χ1v) is 7.80. The number of amides is 1. The maximum Gasteiger partial charge on any atom is 0.326 e. The predicted octanol–water partition coefficient (Wildman–Crippen LogP) is 2.07. The number of carbonyl (C=O) groups is 2. The van der Waals surface area contributed by atoms with Crippen LogP contribution in [0.4, 0.5) is 0 Å². The molecule has 0 unspecified atom stereocenters. The lowest BCUT2D eigenvalue weighted by atomic mass is 10.0. The van der Waals surface area contributed by atoms with Gasteiger partial charge >= 0.3 is 5.97 Å². The maximum atomic E-state index is 12.5. The van der Waals surface area contributed by atoms with E-state index in [9.17, 15) is 14.7 Å². The van der Waals surface area contributed by atoms with Crippen LogP contribution in [-0.4, -0.2) is 47.7 Å². The molecular weight excluding hydrogens is 298 g/mol. The lowest BCUT2D eigenvalue weighted by Crippen LogP contribution is -2.51. The molecule has 2 atom stereocenters. The molecule has 6 nitrogen and oxygen atoms in total. The van der Waals surface area contributed by atoms with E-state index in [1.54, 1.807) is 14.0 Å². The molecule has 0 spiro atoms. The van der Waals surface area contributed by atoms with Gasteiger partial charge in [-0.25, -0.2) is 4.79 Å². The van der Waals surface area contributed by atoms with Crippen LogP contribution in [0, 0.1) is 0 Å². The minimum Gasteiger partial charge on any atom is -0.497 e. The number of carboxylic acids is 1. The van der Waals surface area contributed by atoms with Crippen molar-refractivity contribution in [2.75, 3.05) is 13.7 Å². The largest absolute Gasteiger partial charge is 0.497 e. The minimum absolute atomic E-state index is 0.264. The van der Waals surface area contributed by atoms with E-state index in [0.29, 0.717) is 13.0 Å². The lowest BCUT2D eigenvalue weighted by Gasteiger charge is -2.34. The van der Waals surface area contributed by atoms with Gasteiger partial charge in [-0.2, -0.15) is 0 Å². The van der Waals surface area contributed by atoms with Gasteiger partial charge in [0.05, 0.1) is 13.7 Å². The van der Waals surface area contributed by atoms with Crippen molar-refractivity contribution in [2.45, 2.75) is 44.9 Å². The van der Waals surface area contributed by atoms with Crippen LogP contribution in [0.1, 0.15) is 31.7 Å². The number of hydrogen-bond donors (Lipinski definition) is 1. The first-order valence-electron chi connectivity index (χ1n) is 7.80. The molecule has 23 heavy (non-hydrogen) atoms. The molecule has 0 aliphatic carbocycles. The second kappa shape index (κ2) is 7.97. The van der Waals surface area contributed by atoms with Gasteiger partial charge in [0, 0.05) is 6.54 Å². The van der Waals surface area contributed by atoms with Crippen molar-refractivity contribution < 1.29 is 24.2 Å². The van der Waals surface area contributed by atoms with E-state index >= 15 is 0 Å². The fourth-order valence-electron chi connectivity index (χ4n) is 2.74. The molecule has 1 aromatic rings. The predicted molar refractivity (Wildman–Crippen MR) is 84.2 cm³/mol. The van der Waals surface area contributed by atoms with E-state index in [1.165, 1.54) is 4.90 Å². The molecule has 2 rings (SSSR count). The quantitative estimate of drug-likeness (QED) is 0.868. The summed E-state index contributed by atoms with van der Waals surface area (Å²) in [7, 11) is 1.59. The molecule has 0 saturated carbocycles. The Morgan fingerprint density at radius 1 is 1.39 bits per heavy atom. The summed E-state index contributed by atoms with van der Waals surface area (Å²) >= 11 is 0. The summed E-state index contributed by atoms with van der Waals surface area (Å²) in [5.74, 6) is -0.481. The molecule has 1 amide bonds. The first-order chi connectivity index (χ1) is 11.0. The van der Waals surface area contributed by atoms with Crippen LogP contribution < -0.4 is 4.74 Å². The number of ether oxygens (including phenoxy) is 2. The molecular formula is C17H23NO5. The molecule has 0 bridgehead atoms. The topological polar surface area (TPSA) is 76.1 Å². The van der Waals surface area contributed by atoms with Crippen molar-refractivity contribution in [1.82, 2.24) is 4.90 Å². The van der Waals surface area contributed by atoms with Crippen LogP contribution in [0.15, 0.2) is 24.3 Å². The summed E-state index contributed by atoms with van der Waals surface area (Å²) in [6.45, 7) is 2.41. The van der Waals surface area contributed by atoms with Crippen molar-refractivity contribution in [3.63, 3.8) is 0 Å². The normalized spacial score (nSPS) is 19.2. The molecule has 1 N–H and O–H groups in total. The third-order valence-corrected chi connectivity index (χ3v) is 4.05. The number of hydrogen-bond acceptors (Lipinski definition) is 4. The molecule has 6 heteroatoms. The Morgan fingerprint density at radius 3 is 2.87 bits per heavy atom. The summed E-state index contributed by atoms with van der Waals surface area (Å²) in [5, 5.41) is 9.26. The Morgan fingerprint density at radius 2 is 2.17 bits per heavy atom. The van der Waals surface area contributed by atoms with Crippen molar-refractivity contribution in [2.24, 2.45) is 0 Å². The van der Waals surface area contributed by atoms with Gasteiger partial charge in [-0.15, -0.1) is 0 Å². The van der Waals surface area contributed by atoms with Crippen molar-refractivity contribution >= 4 is 11.9 Å². The highest BCUT2D eigenvalue weighted by Gasteiger charge is 2.34. The highest BCUT2D eigenvalue weighted by molar-refractivity contribution is 5.86. The van der Waals surface area contributed by atoms with Gasteiger partial charge < -0.3 is 19.5 Å². The third-order valence-electron chi connectivity index (χ3n) is 4.05. The standard InChI is InChI=1S/C17H23NO5/c1-12(23-11-13-6-5-7-14(10-13)22-2)16(19)18-9-4-3-8-15(18)17(20)21/h5-7,10,12,15H,3-4,8-9,11H2,1-2H3,(H,20,21)/t12-,15+/m0/s1. The van der Waals surface area contributed by atoms with Gasteiger partial charge in [0.2, 0.25) is 0 Å². The monoisotopic (exact) mass is 321 g/mol. The number of aliphatic carboxylic acids is 1. The van der Waals surface area contributed by atoms with Gasteiger partial charge in [-0.1, -0.05) is 12.1 Å². The summed E-state index contributed by atoms with van der Waals surface area (Å²) in [5.41, 5.74) is 0.900. The summed E-state index contributed by atoms with van der Waals surface area (Å²) < 4.78 is 10.8. The molecule has 1 aliphatic heterocycles. The number of methoxy groups -OCH3 is 1. The van der Waals surface area contributed by atoms with E-state index in [-0.39, 0.29) is 12.5 Å². The molecule has 0 aromatic heterocycles. The second-order valence-corrected chi connectivity index (χ2v) is 5.69. The van der Waals surface area contributed by atoms with Crippen molar-refractivity contribution in [3.8, 4) is 5.75 Å². The number of carboxylic acid groups (broad SMARTS) is 1. The van der Waals surface area contributed by atoms with E-state index in [2.05, 4.69) is 0 Å². The smallest absolute Gasteiger partial charge is 0.326 e. The van der Waals surface area contributed by atoms with E-state index < -0.39 is 18.1 Å². The maximum absolute atomic E-state index is 12.5. The number of carbonyl (C=O) groups excluding carboxylic acids is 1. The molecule has 1 fully saturated rings. The van der Waals surface area contributed by atoms with Crippen LogP contribution in [0.25, 0.3) is 0 Å². The zero-order valence-electron chi connectivity index (χ0n) is 13.5. The van der Waals surface area contributed by atoms with E-state index in [1.807, 2.05) is 24.3 Å². The summed E-state index contributed by atoms with van der Waals surface area (Å²) in [6, 6.07) is 6.69. The minimum atomic E-state index is -0.946. The fraction of sp³-hybridized carbons (Fsp3) is 0.529. The number of likely N-dealkylation sites (tertiary alicyclic amines) is 1. The van der Waals surface area contributed by atoms with Gasteiger partial charge in [-0.3, -0.25) is 4.79 Å². The van der Waals surface area contributed by atoms with Crippen molar-refractivity contribution in [3.05, 3.63) is 29.8 Å². The number of piperidine rings is 1. The Bertz CT molecular complexity index is 560. The van der Waals surface area contributed by atoms with Gasteiger partial charge in [0.25, 0.3) is 5.91 Å². The zero-order chi connectivity index (χ0) is 16.8. The molecule has 1 heterocycles. The van der Waals surface area contributed by atoms with Crippen LogP contribution in [-0.2, 0) is 20.9 Å². The number of nitrogens with zero attached hydrogens (tertiary/aromatic N) is 1. The summed E-state index contributed by atoms with van der Waals surface area (Å²) in [6.07, 6.45) is 1.49. The lowest BCUT2D eigenvalue weighted by molar-refractivity contribution is -0.157. The number of rotatable bonds is 6. The van der Waals surface area contributed by atoms with Crippen LogP contribution >= 0.6 is 0 Å². The van der Waals surface area contributed by atoms with E-state index in [0.717, 1.165) is 24.2 Å². The Labute approximate surface area is 136 Å². The first kappa shape index (κ1) is 17.3.